The van der Waals surface area contributed by atoms with E-state index in [4.69, 9.17) is 9.57 Å². The monoisotopic (exact) mass is 267 g/mol. The van der Waals surface area contributed by atoms with E-state index in [1.165, 1.54) is 21.3 Å². The van der Waals surface area contributed by atoms with Gasteiger partial charge in [0.15, 0.2) is 6.04 Å². The van der Waals surface area contributed by atoms with Crippen molar-refractivity contribution in [2.45, 2.75) is 6.04 Å². The second kappa shape index (κ2) is 7.50. The lowest BCUT2D eigenvalue weighted by Gasteiger charge is -2.26. The Hall–Kier alpha value is -1.92. The second-order valence-electron chi connectivity index (χ2n) is 3.67. The smallest absolute Gasteiger partial charge is 0.333 e. The summed E-state index contributed by atoms with van der Waals surface area (Å²) in [6, 6.07) is 7.56. The summed E-state index contributed by atoms with van der Waals surface area (Å²) in [4.78, 5) is 28.9. The maximum Gasteiger partial charge on any atom is 0.333 e. The molecule has 0 N–H and O–H groups in total. The summed E-state index contributed by atoms with van der Waals surface area (Å²) in [5.41, 5.74) is 0.411. The van der Waals surface area contributed by atoms with Gasteiger partial charge in [0.1, 0.15) is 0 Å². The maximum absolute atomic E-state index is 12.3. The molecular formula is C13H17NO5. The molecule has 0 saturated heterocycles. The van der Waals surface area contributed by atoms with Crippen LogP contribution < -0.4 is 0 Å². The molecule has 1 atom stereocenters. The van der Waals surface area contributed by atoms with E-state index in [2.05, 4.69) is 4.74 Å². The third-order valence-electron chi connectivity index (χ3n) is 2.50. The van der Waals surface area contributed by atoms with Gasteiger partial charge in [-0.15, -0.1) is 0 Å². The first-order chi connectivity index (χ1) is 9.15. The van der Waals surface area contributed by atoms with Crippen LogP contribution in [0.15, 0.2) is 30.3 Å². The van der Waals surface area contributed by atoms with Crippen LogP contribution >= 0.6 is 0 Å². The van der Waals surface area contributed by atoms with Gasteiger partial charge in [-0.05, 0) is 12.1 Å². The molecule has 1 aromatic carbocycles. The van der Waals surface area contributed by atoms with E-state index in [1.54, 1.807) is 30.3 Å². The van der Waals surface area contributed by atoms with E-state index in [0.717, 1.165) is 5.06 Å². The Labute approximate surface area is 111 Å². The number of benzene rings is 1. The van der Waals surface area contributed by atoms with Crippen LogP contribution in [-0.2, 0) is 19.1 Å². The van der Waals surface area contributed by atoms with Crippen molar-refractivity contribution >= 4 is 11.9 Å². The van der Waals surface area contributed by atoms with Crippen LogP contribution in [0.25, 0.3) is 0 Å². The zero-order valence-electron chi connectivity index (χ0n) is 11.2. The highest BCUT2D eigenvalue weighted by molar-refractivity contribution is 5.96. The summed E-state index contributed by atoms with van der Waals surface area (Å²) in [6.07, 6.45) is 0. The number of hydrogen-bond donors (Lipinski definition) is 0. The van der Waals surface area contributed by atoms with Crippen molar-refractivity contribution in [3.8, 4) is 0 Å². The number of nitrogens with zero attached hydrogens (tertiary/aromatic N) is 1. The fraction of sp³-hybridized carbons (Fsp3) is 0.385. The Kier molecular flexibility index (Phi) is 5.98. The average Bonchev–Trinajstić information content (AvgIpc) is 2.47. The van der Waals surface area contributed by atoms with Gasteiger partial charge < -0.3 is 9.47 Å². The number of hydroxylamine groups is 2. The van der Waals surface area contributed by atoms with Crippen LogP contribution in [0, 0.1) is 0 Å². The largest absolute Gasteiger partial charge is 0.467 e. The number of methoxy groups -OCH3 is 2. The molecule has 0 bridgehead atoms. The summed E-state index contributed by atoms with van der Waals surface area (Å²) < 4.78 is 9.56. The highest BCUT2D eigenvalue weighted by Crippen LogP contribution is 2.10. The Morgan fingerprint density at radius 2 is 1.79 bits per heavy atom. The van der Waals surface area contributed by atoms with Crippen molar-refractivity contribution in [3.05, 3.63) is 35.9 Å². The van der Waals surface area contributed by atoms with Gasteiger partial charge in [0.2, 0.25) is 0 Å². The highest BCUT2D eigenvalue weighted by Gasteiger charge is 2.32. The number of carbonyl (C=O) groups excluding carboxylic acids is 2. The van der Waals surface area contributed by atoms with Gasteiger partial charge in [-0.1, -0.05) is 18.2 Å². The summed E-state index contributed by atoms with van der Waals surface area (Å²) in [6.45, 7) is -0.0148. The quantitative estimate of drug-likeness (QED) is 0.565. The molecule has 6 nitrogen and oxygen atoms in total. The molecule has 0 aliphatic heterocycles. The van der Waals surface area contributed by atoms with E-state index < -0.39 is 17.9 Å². The van der Waals surface area contributed by atoms with Crippen LogP contribution in [-0.4, -0.2) is 50.9 Å². The van der Waals surface area contributed by atoms with Gasteiger partial charge in [-0.25, -0.2) is 9.86 Å². The molecule has 0 aliphatic carbocycles. The van der Waals surface area contributed by atoms with E-state index in [1.807, 2.05) is 0 Å². The normalized spacial score (nSPS) is 11.7. The zero-order chi connectivity index (χ0) is 14.3. The third-order valence-corrected chi connectivity index (χ3v) is 2.50. The lowest BCUT2D eigenvalue weighted by molar-refractivity contribution is -0.174. The molecule has 0 heterocycles. The minimum Gasteiger partial charge on any atom is -0.467 e. The topological polar surface area (TPSA) is 65.1 Å². The van der Waals surface area contributed by atoms with Crippen LogP contribution in [0.2, 0.25) is 0 Å². The number of rotatable bonds is 6. The predicted octanol–water partition coefficient (Wildman–Crippen LogP) is 0.878. The third kappa shape index (κ3) is 3.77. The van der Waals surface area contributed by atoms with Crippen molar-refractivity contribution < 1.29 is 23.9 Å². The molecule has 6 heteroatoms. The van der Waals surface area contributed by atoms with Crippen molar-refractivity contribution in [2.75, 3.05) is 27.9 Å². The van der Waals surface area contributed by atoms with Crippen molar-refractivity contribution in [3.63, 3.8) is 0 Å². The molecule has 0 saturated carbocycles. The number of amides is 1. The Morgan fingerprint density at radius 1 is 1.16 bits per heavy atom. The standard InChI is InChI=1S/C13H17NO5/c1-17-9-11(13(16)18-2)14(19-3)12(15)10-7-5-4-6-8-10/h4-8,11H,9H2,1-3H3. The summed E-state index contributed by atoms with van der Waals surface area (Å²) in [5.74, 6) is -1.04. The molecule has 0 spiro atoms. The van der Waals surface area contributed by atoms with Crippen LogP contribution in [0.3, 0.4) is 0 Å². The molecule has 0 aromatic heterocycles. The molecule has 0 fully saturated rings. The fourth-order valence-electron chi connectivity index (χ4n) is 1.59. The van der Waals surface area contributed by atoms with E-state index in [9.17, 15) is 9.59 Å². The number of esters is 1. The number of hydrogen-bond acceptors (Lipinski definition) is 5. The SMILES string of the molecule is COCC(C(=O)OC)N(OC)C(=O)c1ccccc1. The lowest BCUT2D eigenvalue weighted by Crippen LogP contribution is -2.47. The van der Waals surface area contributed by atoms with E-state index >= 15 is 0 Å². The molecule has 1 unspecified atom stereocenters. The molecule has 0 radical (unpaired) electrons. The van der Waals surface area contributed by atoms with Crippen LogP contribution in [0.5, 0.6) is 0 Å². The summed E-state index contributed by atoms with van der Waals surface area (Å²) in [7, 11) is 3.98. The van der Waals surface area contributed by atoms with Gasteiger partial charge in [0, 0.05) is 12.7 Å². The molecule has 0 aliphatic rings. The predicted molar refractivity (Wildman–Crippen MR) is 67.3 cm³/mol. The zero-order valence-corrected chi connectivity index (χ0v) is 11.2. The lowest BCUT2D eigenvalue weighted by atomic mass is 10.2. The molecule has 1 rings (SSSR count). The number of carbonyl (C=O) groups is 2. The van der Waals surface area contributed by atoms with Gasteiger partial charge in [-0.3, -0.25) is 9.63 Å². The Bertz CT molecular complexity index is 420. The van der Waals surface area contributed by atoms with E-state index in [0.29, 0.717) is 5.56 Å². The molecule has 19 heavy (non-hydrogen) atoms. The average molecular weight is 267 g/mol. The highest BCUT2D eigenvalue weighted by atomic mass is 16.7. The second-order valence-corrected chi connectivity index (χ2v) is 3.67. The molecule has 1 aromatic rings. The van der Waals surface area contributed by atoms with Gasteiger partial charge >= 0.3 is 5.97 Å². The minimum atomic E-state index is -0.951. The van der Waals surface area contributed by atoms with Crippen molar-refractivity contribution in [2.24, 2.45) is 0 Å². The Balaban J connectivity index is 2.96. The van der Waals surface area contributed by atoms with Crippen molar-refractivity contribution in [1.29, 1.82) is 0 Å². The van der Waals surface area contributed by atoms with Crippen molar-refractivity contribution in [1.82, 2.24) is 5.06 Å². The molecular weight excluding hydrogens is 250 g/mol. The first-order valence-corrected chi connectivity index (χ1v) is 5.65. The van der Waals surface area contributed by atoms with Crippen LogP contribution in [0.1, 0.15) is 10.4 Å². The maximum atomic E-state index is 12.3. The van der Waals surface area contributed by atoms with Gasteiger partial charge in [0.25, 0.3) is 5.91 Å². The number of ether oxygens (including phenoxy) is 2. The Morgan fingerprint density at radius 3 is 2.26 bits per heavy atom. The van der Waals surface area contributed by atoms with Crippen LogP contribution in [0.4, 0.5) is 0 Å². The molecule has 1 amide bonds. The minimum absolute atomic E-state index is 0.0148. The first-order valence-electron chi connectivity index (χ1n) is 5.65. The van der Waals surface area contributed by atoms with Gasteiger partial charge in [0.05, 0.1) is 20.8 Å². The first kappa shape index (κ1) is 15.1. The molecule has 104 valence electrons. The van der Waals surface area contributed by atoms with Gasteiger partial charge in [-0.2, -0.15) is 0 Å². The summed E-state index contributed by atoms with van der Waals surface area (Å²) in [5, 5.41) is 0.949. The summed E-state index contributed by atoms with van der Waals surface area (Å²) >= 11 is 0. The fourth-order valence-corrected chi connectivity index (χ4v) is 1.59. The van der Waals surface area contributed by atoms with E-state index in [-0.39, 0.29) is 6.61 Å².